The molecule has 2 unspecified atom stereocenters. The van der Waals surface area contributed by atoms with Gasteiger partial charge in [-0.2, -0.15) is 11.8 Å². The summed E-state index contributed by atoms with van der Waals surface area (Å²) in [6, 6.07) is 8.70. The molecule has 0 bridgehead atoms. The van der Waals surface area contributed by atoms with Crippen LogP contribution in [-0.4, -0.2) is 17.5 Å². The first kappa shape index (κ1) is 9.56. The van der Waals surface area contributed by atoms with Gasteiger partial charge in [-0.1, -0.05) is 34.1 Å². The van der Waals surface area contributed by atoms with E-state index >= 15 is 0 Å². The molecule has 13 heavy (non-hydrogen) atoms. The predicted molar refractivity (Wildman–Crippen MR) is 62.2 cm³/mol. The minimum atomic E-state index is 0.323. The Bertz CT molecular complexity index is 303. The average Bonchev–Trinajstić information content (AvgIpc) is 2.52. The van der Waals surface area contributed by atoms with Crippen molar-refractivity contribution in [2.45, 2.75) is 12.0 Å². The van der Waals surface area contributed by atoms with E-state index in [1.165, 1.54) is 10.0 Å². The Morgan fingerprint density at radius 1 is 1.31 bits per heavy atom. The summed E-state index contributed by atoms with van der Waals surface area (Å²) in [4.78, 5) is 0. The minimum absolute atomic E-state index is 0.323. The van der Waals surface area contributed by atoms with Crippen LogP contribution in [0.4, 0.5) is 0 Å². The number of halogens is 1. The number of nitrogens with two attached hydrogens (primary N) is 1. The van der Waals surface area contributed by atoms with E-state index in [1.807, 2.05) is 17.8 Å². The van der Waals surface area contributed by atoms with Crippen molar-refractivity contribution >= 4 is 27.7 Å². The van der Waals surface area contributed by atoms with Gasteiger partial charge in [-0.25, -0.2) is 0 Å². The highest BCUT2D eigenvalue weighted by Gasteiger charge is 2.26. The van der Waals surface area contributed by atoms with E-state index < -0.39 is 0 Å². The molecule has 1 fully saturated rings. The van der Waals surface area contributed by atoms with Gasteiger partial charge in [0, 0.05) is 27.9 Å². The first-order valence-corrected chi connectivity index (χ1v) is 6.31. The van der Waals surface area contributed by atoms with Crippen molar-refractivity contribution < 1.29 is 0 Å². The highest BCUT2D eigenvalue weighted by atomic mass is 79.9. The first-order valence-electron chi connectivity index (χ1n) is 4.37. The fourth-order valence-electron chi connectivity index (χ4n) is 1.67. The largest absolute Gasteiger partial charge is 0.326 e. The smallest absolute Gasteiger partial charge is 0.0211 e. The molecule has 2 atom stereocenters. The Kier molecular flexibility index (Phi) is 2.96. The van der Waals surface area contributed by atoms with E-state index in [9.17, 15) is 0 Å². The third-order valence-electron chi connectivity index (χ3n) is 2.43. The van der Waals surface area contributed by atoms with E-state index in [0.717, 1.165) is 11.5 Å². The van der Waals surface area contributed by atoms with Gasteiger partial charge in [-0.15, -0.1) is 0 Å². The molecule has 0 spiro atoms. The molecule has 1 nitrogen and oxygen atoms in total. The van der Waals surface area contributed by atoms with Crippen molar-refractivity contribution in [1.29, 1.82) is 0 Å². The first-order chi connectivity index (χ1) is 6.29. The van der Waals surface area contributed by atoms with Crippen molar-refractivity contribution in [2.75, 3.05) is 11.5 Å². The topological polar surface area (TPSA) is 26.0 Å². The van der Waals surface area contributed by atoms with Gasteiger partial charge < -0.3 is 5.73 Å². The van der Waals surface area contributed by atoms with Gasteiger partial charge in [-0.3, -0.25) is 0 Å². The third kappa shape index (κ3) is 1.92. The highest BCUT2D eigenvalue weighted by molar-refractivity contribution is 9.10. The van der Waals surface area contributed by atoms with Crippen LogP contribution >= 0.6 is 27.7 Å². The molecule has 1 saturated heterocycles. The van der Waals surface area contributed by atoms with Crippen LogP contribution in [0.25, 0.3) is 0 Å². The molecule has 2 rings (SSSR count). The third-order valence-corrected chi connectivity index (χ3v) is 4.37. The van der Waals surface area contributed by atoms with Crippen LogP contribution in [0.3, 0.4) is 0 Å². The van der Waals surface area contributed by atoms with Gasteiger partial charge in [0.2, 0.25) is 0 Å². The molecule has 3 heteroatoms. The second-order valence-electron chi connectivity index (χ2n) is 3.33. The number of rotatable bonds is 1. The Morgan fingerprint density at radius 3 is 2.69 bits per heavy atom. The number of hydrogen-bond acceptors (Lipinski definition) is 2. The molecule has 2 N–H and O–H groups in total. The summed E-state index contributed by atoms with van der Waals surface area (Å²) in [5.41, 5.74) is 7.40. The average molecular weight is 258 g/mol. The zero-order valence-electron chi connectivity index (χ0n) is 7.24. The number of benzene rings is 1. The molecule has 70 valence electrons. The normalized spacial score (nSPS) is 27.8. The van der Waals surface area contributed by atoms with Gasteiger partial charge >= 0.3 is 0 Å². The van der Waals surface area contributed by atoms with Crippen LogP contribution in [0.2, 0.25) is 0 Å². The summed E-state index contributed by atoms with van der Waals surface area (Å²) in [6.45, 7) is 0. The lowest BCUT2D eigenvalue weighted by Crippen LogP contribution is -2.26. The van der Waals surface area contributed by atoms with Gasteiger partial charge in [-0.05, 0) is 11.6 Å². The lowest BCUT2D eigenvalue weighted by Gasteiger charge is -2.15. The Balaban J connectivity index is 2.29. The molecule has 0 aromatic heterocycles. The fraction of sp³-hybridized carbons (Fsp3) is 0.400. The van der Waals surface area contributed by atoms with Crippen LogP contribution < -0.4 is 5.73 Å². The van der Waals surface area contributed by atoms with E-state index in [2.05, 4.69) is 34.1 Å². The zero-order chi connectivity index (χ0) is 9.26. The summed E-state index contributed by atoms with van der Waals surface area (Å²) in [5.74, 6) is 2.77. The van der Waals surface area contributed by atoms with Gasteiger partial charge in [0.05, 0.1) is 0 Å². The van der Waals surface area contributed by atoms with Gasteiger partial charge in [0.25, 0.3) is 0 Å². The van der Waals surface area contributed by atoms with Crippen molar-refractivity contribution in [2.24, 2.45) is 5.73 Å². The van der Waals surface area contributed by atoms with Crippen LogP contribution in [0.1, 0.15) is 11.5 Å². The van der Waals surface area contributed by atoms with Crippen LogP contribution in [0.15, 0.2) is 28.7 Å². The molecule has 0 radical (unpaired) electrons. The quantitative estimate of drug-likeness (QED) is 0.838. The molecule has 0 aliphatic carbocycles. The summed E-state index contributed by atoms with van der Waals surface area (Å²) in [7, 11) is 0. The molecule has 1 aliphatic rings. The molecule has 0 saturated carbocycles. The molecule has 1 aliphatic heterocycles. The van der Waals surface area contributed by atoms with Crippen molar-refractivity contribution in [3.63, 3.8) is 0 Å². The maximum atomic E-state index is 6.04. The molecule has 1 heterocycles. The zero-order valence-corrected chi connectivity index (χ0v) is 9.64. The fourth-order valence-corrected chi connectivity index (χ4v) is 3.57. The summed E-state index contributed by atoms with van der Waals surface area (Å²) >= 11 is 5.52. The van der Waals surface area contributed by atoms with Crippen LogP contribution in [0, 0.1) is 0 Å². The van der Waals surface area contributed by atoms with E-state index in [0.29, 0.717) is 12.0 Å². The minimum Gasteiger partial charge on any atom is -0.326 e. The van der Waals surface area contributed by atoms with E-state index in [-0.39, 0.29) is 0 Å². The van der Waals surface area contributed by atoms with E-state index in [4.69, 9.17) is 5.73 Å². The van der Waals surface area contributed by atoms with E-state index in [1.54, 1.807) is 0 Å². The number of thioether (sulfide) groups is 1. The van der Waals surface area contributed by atoms with Crippen LogP contribution in [0.5, 0.6) is 0 Å². The van der Waals surface area contributed by atoms with Crippen molar-refractivity contribution in [3.05, 3.63) is 34.3 Å². The Labute approximate surface area is 91.2 Å². The predicted octanol–water partition coefficient (Wildman–Crippen LogP) is 2.61. The standard InChI is InChI=1S/C10H12BrNS/c11-9-4-2-1-3-7(9)8-5-13-6-10(8)12/h1-4,8,10H,5-6,12H2. The maximum absolute atomic E-state index is 6.04. The summed E-state index contributed by atoms with van der Waals surface area (Å²) < 4.78 is 1.19. The highest BCUT2D eigenvalue weighted by Crippen LogP contribution is 2.35. The molecular formula is C10H12BrNS. The Hall–Kier alpha value is 0.01000. The van der Waals surface area contributed by atoms with Crippen molar-refractivity contribution in [1.82, 2.24) is 0 Å². The second-order valence-corrected chi connectivity index (χ2v) is 5.26. The molecular weight excluding hydrogens is 246 g/mol. The summed E-state index contributed by atoms with van der Waals surface area (Å²) in [6.07, 6.45) is 0. The monoisotopic (exact) mass is 257 g/mol. The van der Waals surface area contributed by atoms with Gasteiger partial charge in [0.1, 0.15) is 0 Å². The number of hydrogen-bond donors (Lipinski definition) is 1. The van der Waals surface area contributed by atoms with Crippen LogP contribution in [-0.2, 0) is 0 Å². The van der Waals surface area contributed by atoms with Crippen molar-refractivity contribution in [3.8, 4) is 0 Å². The second kappa shape index (κ2) is 4.03. The molecule has 1 aromatic rings. The summed E-state index contributed by atoms with van der Waals surface area (Å²) in [5, 5.41) is 0. The SMILES string of the molecule is NC1CSCC1c1ccccc1Br. The Morgan fingerprint density at radius 2 is 2.08 bits per heavy atom. The molecule has 0 amide bonds. The maximum Gasteiger partial charge on any atom is 0.0211 e. The van der Waals surface area contributed by atoms with Gasteiger partial charge in [0.15, 0.2) is 0 Å². The molecule has 1 aromatic carbocycles. The lowest BCUT2D eigenvalue weighted by molar-refractivity contribution is 0.651. The lowest BCUT2D eigenvalue weighted by atomic mass is 9.95.